The van der Waals surface area contributed by atoms with Crippen LogP contribution >= 0.6 is 41.7 Å². The minimum absolute atomic E-state index is 0. The van der Waals surface area contributed by atoms with E-state index in [4.69, 9.17) is 47.3 Å². The standard InChI is InChI=1S/Ba.5FO2P/c;5*1-4(2)3/q+2;;;;;. The van der Waals surface area contributed by atoms with Crippen LogP contribution in [0.25, 0.3) is 0 Å². The van der Waals surface area contributed by atoms with E-state index in [9.17, 15) is 21.0 Å². The summed E-state index contributed by atoms with van der Waals surface area (Å²) >= 11 is 0. The molecule has 0 N–H and O–H groups in total. The normalized spacial score (nSPS) is 10.5. The van der Waals surface area contributed by atoms with Gasteiger partial charge in [-0.15, -0.1) is 0 Å². The summed E-state index contributed by atoms with van der Waals surface area (Å²) in [5.74, 6) is 0. The molecule has 0 saturated heterocycles. The Balaban J connectivity index is -0.0000000331. The molecule has 0 aromatic carbocycles. The molecule has 0 fully saturated rings. The molecule has 0 radical (unpaired) electrons. The number of hydrogen-bond acceptors (Lipinski definition) is 10. The van der Waals surface area contributed by atoms with Crippen molar-refractivity contribution in [3.63, 3.8) is 0 Å². The van der Waals surface area contributed by atoms with Gasteiger partial charge in [0.2, 0.25) is 0 Å². The van der Waals surface area contributed by atoms with Gasteiger partial charge in [0.25, 0.3) is 0 Å². The van der Waals surface area contributed by atoms with Gasteiger partial charge in [-0.3, -0.25) is 0 Å². The van der Waals surface area contributed by atoms with E-state index in [1.807, 2.05) is 0 Å². The Hall–Kier alpha value is 1.52. The van der Waals surface area contributed by atoms with Crippen LogP contribution in [0.1, 0.15) is 0 Å². The third-order valence-corrected chi connectivity index (χ3v) is 0. The third-order valence-electron chi connectivity index (χ3n) is 0. The van der Waals surface area contributed by atoms with Gasteiger partial charge >= 0.3 is 90.6 Å². The molecule has 0 bridgehead atoms. The van der Waals surface area contributed by atoms with E-state index in [1.165, 1.54) is 0 Å². The minimum Gasteiger partial charge on any atom is -0.562 e. The van der Waals surface area contributed by atoms with Crippen molar-refractivity contribution in [3.05, 3.63) is 0 Å². The van der Waals surface area contributed by atoms with Crippen molar-refractivity contribution < 1.29 is 68.3 Å². The maximum atomic E-state index is 9.95. The molecule has 0 rings (SSSR count). The molecular weight excluding hydrogens is 547 g/mol. The monoisotopic (exact) mass is 548 g/mol. The number of rotatable bonds is 0. The van der Waals surface area contributed by atoms with E-state index in [-0.39, 0.29) is 48.9 Å². The summed E-state index contributed by atoms with van der Waals surface area (Å²) in [5.41, 5.74) is 0. The van der Waals surface area contributed by atoms with E-state index in [1.54, 1.807) is 0 Å². The molecule has 120 valence electrons. The van der Waals surface area contributed by atoms with Crippen molar-refractivity contribution in [1.29, 1.82) is 0 Å². The Morgan fingerprint density at radius 3 is 0.429 bits per heavy atom. The summed E-state index contributed by atoms with van der Waals surface area (Å²) < 4.78 is 91.6. The molecule has 0 amide bonds. The molecule has 21 heteroatoms. The fourth-order valence-electron chi connectivity index (χ4n) is 0. The predicted molar refractivity (Wildman–Crippen MR) is 49.3 cm³/mol. The van der Waals surface area contributed by atoms with Crippen LogP contribution in [0.15, 0.2) is 0 Å². The summed E-state index contributed by atoms with van der Waals surface area (Å²) in [7, 11) is -18.1. The van der Waals surface area contributed by atoms with Gasteiger partial charge in [0, 0.05) is 0 Å². The minimum atomic E-state index is -3.62. The van der Waals surface area contributed by atoms with Crippen LogP contribution in [-0.2, 0) is 22.8 Å². The largest absolute Gasteiger partial charge is 2.00 e. The molecule has 0 saturated carbocycles. The van der Waals surface area contributed by atoms with Gasteiger partial charge in [-0.25, -0.2) is 0 Å². The van der Waals surface area contributed by atoms with Crippen molar-refractivity contribution in [1.82, 2.24) is 0 Å². The fraction of sp³-hybridized carbons (Fsp3) is 0. The number of hydrogen-bond donors (Lipinski definition) is 0. The maximum absolute atomic E-state index is 9.95. The molecule has 21 heavy (non-hydrogen) atoms. The first-order valence-corrected chi connectivity index (χ1v) is 8.01. The molecule has 0 aliphatic rings. The predicted octanol–water partition coefficient (Wildman–Crippen LogP) is -0.513. The van der Waals surface area contributed by atoms with Crippen molar-refractivity contribution in [2.45, 2.75) is 0 Å². The Labute approximate surface area is 157 Å². The molecule has 5 atom stereocenters. The van der Waals surface area contributed by atoms with Crippen LogP contribution in [0.3, 0.4) is 0 Å². The van der Waals surface area contributed by atoms with Gasteiger partial charge in [-0.1, -0.05) is 0 Å². The summed E-state index contributed by atoms with van der Waals surface area (Å²) in [4.78, 5) is 41.9. The molecule has 0 aliphatic carbocycles. The van der Waals surface area contributed by atoms with E-state index in [0.29, 0.717) is 0 Å². The smallest absolute Gasteiger partial charge is 0.562 e. The SMILES string of the molecule is O=[P+]([O-])F.O=[P+]([O-])F.O=[P+]([O-])F.O=[P+]([O-])F.O=[P+]([O-])F.[Ba+2]. The first-order valence-electron chi connectivity index (χ1n) is 2.67. The summed E-state index contributed by atoms with van der Waals surface area (Å²) in [6, 6.07) is 0. The van der Waals surface area contributed by atoms with Gasteiger partial charge in [-0.05, 0) is 22.8 Å². The van der Waals surface area contributed by atoms with Crippen molar-refractivity contribution in [3.8, 4) is 0 Å². The molecule has 0 spiro atoms. The quantitative estimate of drug-likeness (QED) is 0.216. The van der Waals surface area contributed by atoms with Gasteiger partial charge in [0.05, 0.1) is 21.0 Å². The second-order valence-electron chi connectivity index (χ2n) is 1.06. The zero-order chi connectivity index (χ0) is 17.9. The van der Waals surface area contributed by atoms with Gasteiger partial charge in [-0.2, -0.15) is 0 Å². The topological polar surface area (TPSA) is 201 Å². The zero-order valence-corrected chi connectivity index (χ0v) is 17.8. The van der Waals surface area contributed by atoms with Crippen LogP contribution in [0.5, 0.6) is 0 Å². The first kappa shape index (κ1) is 38.2. The van der Waals surface area contributed by atoms with Crippen molar-refractivity contribution in [2.24, 2.45) is 0 Å². The first-order chi connectivity index (χ1) is 8.66. The molecule has 0 heterocycles. The molecular formula is BaF5O10P5+2. The van der Waals surface area contributed by atoms with E-state index >= 15 is 0 Å². The Kier molecular flexibility index (Phi) is 60.4. The van der Waals surface area contributed by atoms with E-state index in [2.05, 4.69) is 0 Å². The average molecular weight is 547 g/mol. The summed E-state index contributed by atoms with van der Waals surface area (Å²) in [6.45, 7) is 0. The Morgan fingerprint density at radius 2 is 0.429 bits per heavy atom. The van der Waals surface area contributed by atoms with E-state index < -0.39 is 41.7 Å². The van der Waals surface area contributed by atoms with Gasteiger partial charge in [0.1, 0.15) is 0 Å². The molecule has 10 nitrogen and oxygen atoms in total. The summed E-state index contributed by atoms with van der Waals surface area (Å²) in [5, 5.41) is 0. The molecule has 5 unspecified atom stereocenters. The van der Waals surface area contributed by atoms with E-state index in [0.717, 1.165) is 0 Å². The van der Waals surface area contributed by atoms with Crippen LogP contribution in [-0.4, -0.2) is 48.9 Å². The van der Waals surface area contributed by atoms with Crippen LogP contribution in [0.2, 0.25) is 0 Å². The molecule has 0 aliphatic heterocycles. The van der Waals surface area contributed by atoms with Crippen molar-refractivity contribution in [2.75, 3.05) is 0 Å². The van der Waals surface area contributed by atoms with Crippen LogP contribution in [0, 0.1) is 0 Å². The van der Waals surface area contributed by atoms with Gasteiger partial charge in [0.15, 0.2) is 0 Å². The van der Waals surface area contributed by atoms with Gasteiger partial charge < -0.3 is 24.5 Å². The average Bonchev–Trinajstić information content (AvgIpc) is 1.94. The van der Waals surface area contributed by atoms with Crippen molar-refractivity contribution >= 4 is 90.6 Å². The fourth-order valence-corrected chi connectivity index (χ4v) is 0. The number of halogens is 5. The maximum Gasteiger partial charge on any atom is 2.00 e. The molecule has 0 aromatic heterocycles. The Bertz CT molecular complexity index is 221. The van der Waals surface area contributed by atoms with Crippen LogP contribution < -0.4 is 24.5 Å². The summed E-state index contributed by atoms with van der Waals surface area (Å²) in [6.07, 6.45) is 0. The second kappa shape index (κ2) is 33.2. The third kappa shape index (κ3) is 3540. The Morgan fingerprint density at radius 1 is 0.429 bits per heavy atom. The molecule has 0 aromatic rings. The zero-order valence-electron chi connectivity index (χ0n) is 8.92. The van der Waals surface area contributed by atoms with Crippen LogP contribution in [0.4, 0.5) is 21.0 Å². The second-order valence-corrected chi connectivity index (χ2v) is 3.19.